The molecule has 0 spiro atoms. The number of ether oxygens (including phenoxy) is 1. The van der Waals surface area contributed by atoms with Crippen molar-refractivity contribution in [1.29, 1.82) is 0 Å². The van der Waals surface area contributed by atoms with E-state index in [2.05, 4.69) is 11.9 Å². The maximum Gasteiger partial charge on any atom is 0.246 e. The molecule has 0 aliphatic carbocycles. The van der Waals surface area contributed by atoms with Crippen molar-refractivity contribution in [2.45, 2.75) is 26.4 Å². The van der Waals surface area contributed by atoms with Gasteiger partial charge in [-0.3, -0.25) is 4.79 Å². The van der Waals surface area contributed by atoms with Crippen LogP contribution in [-0.4, -0.2) is 36.2 Å². The van der Waals surface area contributed by atoms with Crippen LogP contribution in [0, 0.1) is 0 Å². The van der Waals surface area contributed by atoms with Gasteiger partial charge in [0.2, 0.25) is 5.91 Å². The van der Waals surface area contributed by atoms with E-state index in [1.54, 1.807) is 11.8 Å². The fraction of sp³-hybridized carbons (Fsp3) is 0.727. The Labute approximate surface area is 96.6 Å². The summed E-state index contributed by atoms with van der Waals surface area (Å²) in [5.74, 6) is 1.78. The zero-order valence-electron chi connectivity index (χ0n) is 9.84. The lowest BCUT2D eigenvalue weighted by molar-refractivity contribution is -0.130. The first kappa shape index (κ1) is 14.5. The highest BCUT2D eigenvalue weighted by Gasteiger charge is 2.12. The highest BCUT2D eigenvalue weighted by atomic mass is 32.2. The highest BCUT2D eigenvalue weighted by molar-refractivity contribution is 7.99. The Bertz CT molecular complexity index is 199. The van der Waals surface area contributed by atoms with Gasteiger partial charge in [-0.1, -0.05) is 6.08 Å². The lowest BCUT2D eigenvalue weighted by atomic mass is 10.2. The first-order valence-electron chi connectivity index (χ1n) is 5.05. The van der Waals surface area contributed by atoms with Crippen LogP contribution in [0.1, 0.15) is 20.8 Å². The average Bonchev–Trinajstić information content (AvgIpc) is 2.13. The molecule has 4 heteroatoms. The number of amides is 1. The summed E-state index contributed by atoms with van der Waals surface area (Å²) in [7, 11) is 0. The van der Waals surface area contributed by atoms with Gasteiger partial charge in [-0.05, 0) is 20.8 Å². The average molecular weight is 231 g/mol. The molecule has 0 atom stereocenters. The lowest BCUT2D eigenvalue weighted by Gasteiger charge is -2.18. The van der Waals surface area contributed by atoms with Crippen molar-refractivity contribution in [2.75, 3.05) is 24.7 Å². The van der Waals surface area contributed by atoms with E-state index in [1.807, 2.05) is 26.8 Å². The Kier molecular flexibility index (Phi) is 7.52. The summed E-state index contributed by atoms with van der Waals surface area (Å²) in [4.78, 5) is 11.3. The van der Waals surface area contributed by atoms with Crippen molar-refractivity contribution in [3.8, 4) is 0 Å². The van der Waals surface area contributed by atoms with Gasteiger partial charge in [0.1, 0.15) is 6.61 Å². The van der Waals surface area contributed by atoms with Crippen molar-refractivity contribution in [3.63, 3.8) is 0 Å². The molecule has 0 radical (unpaired) electrons. The molecular formula is C11H21NO2S. The minimum absolute atomic E-state index is 0.0517. The van der Waals surface area contributed by atoms with Gasteiger partial charge >= 0.3 is 0 Å². The van der Waals surface area contributed by atoms with Crippen LogP contribution in [0.3, 0.4) is 0 Å². The molecule has 3 nitrogen and oxygen atoms in total. The van der Waals surface area contributed by atoms with Gasteiger partial charge < -0.3 is 10.1 Å². The van der Waals surface area contributed by atoms with Crippen LogP contribution in [0.15, 0.2) is 12.7 Å². The van der Waals surface area contributed by atoms with Gasteiger partial charge in [-0.25, -0.2) is 0 Å². The third kappa shape index (κ3) is 11.4. The Morgan fingerprint density at radius 2 is 2.20 bits per heavy atom. The largest absolute Gasteiger partial charge is 0.366 e. The SMILES string of the molecule is C=CCSCCNC(=O)COC(C)(C)C. The van der Waals surface area contributed by atoms with Crippen molar-refractivity contribution < 1.29 is 9.53 Å². The predicted molar refractivity (Wildman–Crippen MR) is 66.2 cm³/mol. The van der Waals surface area contributed by atoms with Crippen LogP contribution in [0.25, 0.3) is 0 Å². The molecule has 15 heavy (non-hydrogen) atoms. The number of carbonyl (C=O) groups is 1. The van der Waals surface area contributed by atoms with Gasteiger partial charge in [0.25, 0.3) is 0 Å². The molecule has 0 saturated heterocycles. The lowest BCUT2D eigenvalue weighted by Crippen LogP contribution is -2.33. The molecular weight excluding hydrogens is 210 g/mol. The van der Waals surface area contributed by atoms with Crippen molar-refractivity contribution in [1.82, 2.24) is 5.32 Å². The van der Waals surface area contributed by atoms with Crippen LogP contribution in [-0.2, 0) is 9.53 Å². The Balaban J connectivity index is 3.38. The van der Waals surface area contributed by atoms with Crippen LogP contribution < -0.4 is 5.32 Å². The van der Waals surface area contributed by atoms with Crippen molar-refractivity contribution in [3.05, 3.63) is 12.7 Å². The van der Waals surface area contributed by atoms with Crippen molar-refractivity contribution in [2.24, 2.45) is 0 Å². The van der Waals surface area contributed by atoms with Crippen LogP contribution in [0.5, 0.6) is 0 Å². The van der Waals surface area contributed by atoms with Crippen LogP contribution >= 0.6 is 11.8 Å². The molecule has 0 bridgehead atoms. The van der Waals surface area contributed by atoms with Crippen LogP contribution in [0.4, 0.5) is 0 Å². The maximum atomic E-state index is 11.3. The third-order valence-electron chi connectivity index (χ3n) is 1.44. The number of thioether (sulfide) groups is 1. The molecule has 88 valence electrons. The summed E-state index contributed by atoms with van der Waals surface area (Å²) in [5, 5.41) is 2.80. The van der Waals surface area contributed by atoms with Crippen molar-refractivity contribution >= 4 is 17.7 Å². The molecule has 0 fully saturated rings. The van der Waals surface area contributed by atoms with E-state index in [1.165, 1.54) is 0 Å². The second-order valence-electron chi connectivity index (χ2n) is 4.11. The molecule has 0 rings (SSSR count). The maximum absolute atomic E-state index is 11.3. The quantitative estimate of drug-likeness (QED) is 0.537. The molecule has 0 aromatic carbocycles. The summed E-state index contributed by atoms with van der Waals surface area (Å²) >= 11 is 1.75. The summed E-state index contributed by atoms with van der Waals surface area (Å²) in [6, 6.07) is 0. The van der Waals surface area contributed by atoms with Gasteiger partial charge in [-0.2, -0.15) is 11.8 Å². The van der Waals surface area contributed by atoms with Gasteiger partial charge in [0.15, 0.2) is 0 Å². The molecule has 0 unspecified atom stereocenters. The molecule has 1 amide bonds. The zero-order chi connectivity index (χ0) is 11.7. The number of hydrogen-bond donors (Lipinski definition) is 1. The van der Waals surface area contributed by atoms with Crippen LogP contribution in [0.2, 0.25) is 0 Å². The molecule has 0 aliphatic rings. The highest BCUT2D eigenvalue weighted by Crippen LogP contribution is 2.05. The summed E-state index contributed by atoms with van der Waals surface area (Å²) in [6.45, 7) is 10.2. The normalized spacial score (nSPS) is 11.1. The molecule has 0 aromatic rings. The third-order valence-corrected chi connectivity index (χ3v) is 2.40. The van der Waals surface area contributed by atoms with E-state index in [-0.39, 0.29) is 18.1 Å². The number of rotatable bonds is 7. The molecule has 0 aromatic heterocycles. The number of carbonyl (C=O) groups excluding carboxylic acids is 1. The Hall–Kier alpha value is -0.480. The predicted octanol–water partition coefficient (Wildman–Crippen LogP) is 1.84. The standard InChI is InChI=1S/C11H21NO2S/c1-5-7-15-8-6-12-10(13)9-14-11(2,3)4/h5H,1,6-9H2,2-4H3,(H,12,13). The first-order valence-corrected chi connectivity index (χ1v) is 6.20. The number of nitrogens with one attached hydrogen (secondary N) is 1. The molecule has 1 N–H and O–H groups in total. The second kappa shape index (κ2) is 7.77. The van der Waals surface area contributed by atoms with Gasteiger partial charge in [-0.15, -0.1) is 6.58 Å². The molecule has 0 aliphatic heterocycles. The van der Waals surface area contributed by atoms with E-state index in [4.69, 9.17) is 4.74 Å². The van der Waals surface area contributed by atoms with E-state index in [9.17, 15) is 4.79 Å². The molecule has 0 heterocycles. The summed E-state index contributed by atoms with van der Waals surface area (Å²) in [6.07, 6.45) is 1.86. The monoisotopic (exact) mass is 231 g/mol. The summed E-state index contributed by atoms with van der Waals surface area (Å²) < 4.78 is 5.33. The fourth-order valence-electron chi connectivity index (χ4n) is 0.762. The van der Waals surface area contributed by atoms with Gasteiger partial charge in [0.05, 0.1) is 5.60 Å². The minimum Gasteiger partial charge on any atom is -0.366 e. The first-order chi connectivity index (χ1) is 6.95. The van der Waals surface area contributed by atoms with E-state index < -0.39 is 0 Å². The Morgan fingerprint density at radius 3 is 2.73 bits per heavy atom. The summed E-state index contributed by atoms with van der Waals surface area (Å²) in [5.41, 5.74) is -0.255. The fourth-order valence-corrected chi connectivity index (χ4v) is 1.34. The van der Waals surface area contributed by atoms with E-state index >= 15 is 0 Å². The smallest absolute Gasteiger partial charge is 0.246 e. The zero-order valence-corrected chi connectivity index (χ0v) is 10.7. The molecule has 0 saturated carbocycles. The van der Waals surface area contributed by atoms with E-state index in [0.717, 1.165) is 11.5 Å². The Morgan fingerprint density at radius 1 is 1.53 bits per heavy atom. The minimum atomic E-state index is -0.255. The number of hydrogen-bond acceptors (Lipinski definition) is 3. The van der Waals surface area contributed by atoms with E-state index in [0.29, 0.717) is 6.54 Å². The van der Waals surface area contributed by atoms with Gasteiger partial charge in [0, 0.05) is 18.1 Å². The topological polar surface area (TPSA) is 38.3 Å². The second-order valence-corrected chi connectivity index (χ2v) is 5.26.